The topological polar surface area (TPSA) is 12.4 Å². The van der Waals surface area contributed by atoms with E-state index in [-0.39, 0.29) is 0 Å². The van der Waals surface area contributed by atoms with Crippen LogP contribution in [0.3, 0.4) is 0 Å². The number of unbranched alkanes of at least 4 members (excludes halogenated alkanes) is 1. The van der Waals surface area contributed by atoms with Crippen molar-refractivity contribution in [2.45, 2.75) is 53.9 Å². The highest BCUT2D eigenvalue weighted by Crippen LogP contribution is 2.07. The molecule has 0 amide bonds. The lowest BCUT2D eigenvalue weighted by atomic mass is 10.0. The monoisotopic (exact) mass is 183 g/mol. The molecular formula is C12H25N. The molecule has 0 aromatic rings. The van der Waals surface area contributed by atoms with Crippen LogP contribution in [-0.4, -0.2) is 12.3 Å². The Morgan fingerprint density at radius 1 is 1.15 bits per heavy atom. The van der Waals surface area contributed by atoms with Gasteiger partial charge < -0.3 is 0 Å². The van der Waals surface area contributed by atoms with Gasteiger partial charge >= 0.3 is 0 Å². The minimum Gasteiger partial charge on any atom is -0.294 e. The first kappa shape index (κ1) is 12.7. The lowest BCUT2D eigenvalue weighted by Gasteiger charge is -2.10. The second-order valence-corrected chi connectivity index (χ2v) is 4.48. The normalized spacial score (nSPS) is 13.0. The molecular weight excluding hydrogens is 158 g/mol. The Morgan fingerprint density at radius 2 is 1.77 bits per heavy atom. The molecule has 0 radical (unpaired) electrons. The standard InChI is InChI=1S/C12H25N/c1-6-7-8-12(11(4)5)13-9-10(2)3/h10-11H,6-9H2,1-5H3. The Labute approximate surface area is 83.6 Å². The van der Waals surface area contributed by atoms with Crippen LogP contribution in [0.2, 0.25) is 0 Å². The lowest BCUT2D eigenvalue weighted by Crippen LogP contribution is -2.09. The number of hydrogen-bond acceptors (Lipinski definition) is 1. The van der Waals surface area contributed by atoms with Crippen molar-refractivity contribution in [2.75, 3.05) is 6.54 Å². The van der Waals surface area contributed by atoms with Crippen LogP contribution in [0.25, 0.3) is 0 Å². The molecule has 1 heteroatoms. The van der Waals surface area contributed by atoms with Crippen molar-refractivity contribution in [1.82, 2.24) is 0 Å². The summed E-state index contributed by atoms with van der Waals surface area (Å²) in [7, 11) is 0. The zero-order chi connectivity index (χ0) is 10.3. The fourth-order valence-corrected chi connectivity index (χ4v) is 1.21. The summed E-state index contributed by atoms with van der Waals surface area (Å²) in [6.45, 7) is 12.2. The SMILES string of the molecule is CCCCC(=NCC(C)C)C(C)C. The van der Waals surface area contributed by atoms with Crippen LogP contribution in [0.15, 0.2) is 4.99 Å². The van der Waals surface area contributed by atoms with Crippen LogP contribution >= 0.6 is 0 Å². The van der Waals surface area contributed by atoms with Gasteiger partial charge in [-0.1, -0.05) is 41.0 Å². The summed E-state index contributed by atoms with van der Waals surface area (Å²) in [5, 5.41) is 0. The first-order chi connectivity index (χ1) is 6.07. The van der Waals surface area contributed by atoms with Crippen LogP contribution in [0.4, 0.5) is 0 Å². The molecule has 0 aliphatic heterocycles. The van der Waals surface area contributed by atoms with Crippen molar-refractivity contribution in [2.24, 2.45) is 16.8 Å². The zero-order valence-electron chi connectivity index (χ0n) is 9.93. The fourth-order valence-electron chi connectivity index (χ4n) is 1.21. The summed E-state index contributed by atoms with van der Waals surface area (Å²) in [6.07, 6.45) is 3.75. The molecule has 0 rings (SSSR count). The molecule has 0 aliphatic carbocycles. The molecule has 0 N–H and O–H groups in total. The van der Waals surface area contributed by atoms with E-state index in [9.17, 15) is 0 Å². The molecule has 0 fully saturated rings. The van der Waals surface area contributed by atoms with Gasteiger partial charge in [0.2, 0.25) is 0 Å². The highest BCUT2D eigenvalue weighted by molar-refractivity contribution is 5.86. The first-order valence-corrected chi connectivity index (χ1v) is 5.61. The second kappa shape index (κ2) is 7.11. The number of aliphatic imine (C=N–C) groups is 1. The maximum absolute atomic E-state index is 4.68. The molecule has 0 aliphatic rings. The van der Waals surface area contributed by atoms with Gasteiger partial charge in [0.15, 0.2) is 0 Å². The minimum atomic E-state index is 0.630. The highest BCUT2D eigenvalue weighted by Gasteiger charge is 2.04. The molecule has 0 atom stereocenters. The third-order valence-electron chi connectivity index (χ3n) is 2.11. The second-order valence-electron chi connectivity index (χ2n) is 4.48. The molecule has 0 bridgehead atoms. The maximum Gasteiger partial charge on any atom is 0.0411 e. The van der Waals surface area contributed by atoms with Crippen molar-refractivity contribution in [3.05, 3.63) is 0 Å². The third kappa shape index (κ3) is 6.80. The van der Waals surface area contributed by atoms with Gasteiger partial charge in [-0.05, 0) is 24.7 Å². The molecule has 0 saturated carbocycles. The Bertz CT molecular complexity index is 145. The smallest absolute Gasteiger partial charge is 0.0411 e. The van der Waals surface area contributed by atoms with Crippen molar-refractivity contribution in [3.63, 3.8) is 0 Å². The molecule has 0 saturated heterocycles. The van der Waals surface area contributed by atoms with Gasteiger partial charge in [-0.15, -0.1) is 0 Å². The summed E-state index contributed by atoms with van der Waals surface area (Å²) >= 11 is 0. The van der Waals surface area contributed by atoms with Crippen molar-refractivity contribution >= 4 is 5.71 Å². The zero-order valence-corrected chi connectivity index (χ0v) is 9.93. The van der Waals surface area contributed by atoms with E-state index < -0.39 is 0 Å². The van der Waals surface area contributed by atoms with E-state index in [4.69, 9.17) is 0 Å². The van der Waals surface area contributed by atoms with E-state index >= 15 is 0 Å². The molecule has 1 nitrogen and oxygen atoms in total. The van der Waals surface area contributed by atoms with Gasteiger partial charge in [-0.25, -0.2) is 0 Å². The van der Waals surface area contributed by atoms with Gasteiger partial charge in [-0.3, -0.25) is 4.99 Å². The van der Waals surface area contributed by atoms with Crippen LogP contribution in [-0.2, 0) is 0 Å². The number of rotatable bonds is 6. The van der Waals surface area contributed by atoms with Crippen LogP contribution < -0.4 is 0 Å². The Kier molecular flexibility index (Phi) is 6.93. The fraction of sp³-hybridized carbons (Fsp3) is 0.917. The predicted molar refractivity (Wildman–Crippen MR) is 61.5 cm³/mol. The summed E-state index contributed by atoms with van der Waals surface area (Å²) in [4.78, 5) is 4.68. The van der Waals surface area contributed by atoms with Crippen molar-refractivity contribution < 1.29 is 0 Å². The van der Waals surface area contributed by atoms with Crippen LogP contribution in [0, 0.1) is 11.8 Å². The largest absolute Gasteiger partial charge is 0.294 e. The molecule has 78 valence electrons. The Morgan fingerprint density at radius 3 is 2.15 bits per heavy atom. The van der Waals surface area contributed by atoms with Gasteiger partial charge in [0.25, 0.3) is 0 Å². The van der Waals surface area contributed by atoms with E-state index in [1.807, 2.05) is 0 Å². The lowest BCUT2D eigenvalue weighted by molar-refractivity contribution is 0.655. The first-order valence-electron chi connectivity index (χ1n) is 5.61. The Balaban J connectivity index is 3.99. The van der Waals surface area contributed by atoms with E-state index in [1.165, 1.54) is 25.0 Å². The van der Waals surface area contributed by atoms with Crippen molar-refractivity contribution in [1.29, 1.82) is 0 Å². The van der Waals surface area contributed by atoms with Gasteiger partial charge in [-0.2, -0.15) is 0 Å². The average Bonchev–Trinajstić information content (AvgIpc) is 2.03. The predicted octanol–water partition coefficient (Wildman–Crippen LogP) is 3.93. The Hall–Kier alpha value is -0.330. The van der Waals surface area contributed by atoms with Gasteiger partial charge in [0.1, 0.15) is 0 Å². The van der Waals surface area contributed by atoms with Crippen LogP contribution in [0.5, 0.6) is 0 Å². The van der Waals surface area contributed by atoms with E-state index in [1.54, 1.807) is 0 Å². The maximum atomic E-state index is 4.68. The third-order valence-corrected chi connectivity index (χ3v) is 2.11. The molecule has 13 heavy (non-hydrogen) atoms. The summed E-state index contributed by atoms with van der Waals surface area (Å²) in [6, 6.07) is 0. The highest BCUT2D eigenvalue weighted by atomic mass is 14.7. The van der Waals surface area contributed by atoms with E-state index in [2.05, 4.69) is 39.6 Å². The number of nitrogens with zero attached hydrogens (tertiary/aromatic N) is 1. The van der Waals surface area contributed by atoms with Crippen molar-refractivity contribution in [3.8, 4) is 0 Å². The molecule has 0 unspecified atom stereocenters. The summed E-state index contributed by atoms with van der Waals surface area (Å²) in [5.41, 5.74) is 1.41. The van der Waals surface area contributed by atoms with Gasteiger partial charge in [0.05, 0.1) is 0 Å². The average molecular weight is 183 g/mol. The molecule has 0 heterocycles. The summed E-state index contributed by atoms with van der Waals surface area (Å²) < 4.78 is 0. The minimum absolute atomic E-state index is 0.630. The van der Waals surface area contributed by atoms with Gasteiger partial charge in [0, 0.05) is 12.3 Å². The van der Waals surface area contributed by atoms with E-state index in [0.29, 0.717) is 11.8 Å². The quantitative estimate of drug-likeness (QED) is 0.553. The number of hydrogen-bond donors (Lipinski definition) is 0. The van der Waals surface area contributed by atoms with Crippen LogP contribution in [0.1, 0.15) is 53.9 Å². The van der Waals surface area contributed by atoms with E-state index in [0.717, 1.165) is 6.54 Å². The molecule has 0 aromatic carbocycles. The molecule has 0 spiro atoms. The molecule has 0 aromatic heterocycles. The summed E-state index contributed by atoms with van der Waals surface area (Å²) in [5.74, 6) is 1.32.